The number of halogens is 1. The van der Waals surface area contributed by atoms with Crippen molar-refractivity contribution in [3.63, 3.8) is 0 Å². The van der Waals surface area contributed by atoms with Gasteiger partial charge in [-0.15, -0.1) is 0 Å². The summed E-state index contributed by atoms with van der Waals surface area (Å²) in [6.07, 6.45) is 2.68. The zero-order chi connectivity index (χ0) is 11.5. The number of benzene rings is 1. The zero-order valence-electron chi connectivity index (χ0n) is 9.15. The van der Waals surface area contributed by atoms with Crippen molar-refractivity contribution >= 4 is 15.9 Å². The summed E-state index contributed by atoms with van der Waals surface area (Å²) in [4.78, 5) is 4.43. The maximum absolute atomic E-state index is 5.61. The normalized spacial score (nSPS) is 10.7. The third-order valence-corrected chi connectivity index (χ3v) is 3.09. The van der Waals surface area contributed by atoms with Gasteiger partial charge in [0.05, 0.1) is 12.0 Å². The molecule has 3 nitrogen and oxygen atoms in total. The van der Waals surface area contributed by atoms with Crippen LogP contribution in [0, 0.1) is 0 Å². The molecule has 0 aliphatic carbocycles. The molecule has 0 fully saturated rings. The number of aryl methyl sites for hydroxylation is 1. The molecule has 1 heterocycles. The second-order valence-corrected chi connectivity index (χ2v) is 4.61. The van der Waals surface area contributed by atoms with Crippen molar-refractivity contribution in [1.82, 2.24) is 9.55 Å². The molecule has 84 valence electrons. The molecule has 0 saturated carbocycles. The fraction of sp³-hybridized carbons (Fsp3) is 0.250. The molecular formula is C12H14BrN3. The lowest BCUT2D eigenvalue weighted by Crippen LogP contribution is -2.07. The molecule has 2 aromatic rings. The van der Waals surface area contributed by atoms with Crippen LogP contribution in [0.4, 0.5) is 0 Å². The van der Waals surface area contributed by atoms with E-state index in [0.29, 0.717) is 6.54 Å². The Hall–Kier alpha value is -1.13. The maximum Gasteiger partial charge on any atom is 0.0953 e. The Morgan fingerprint density at radius 3 is 2.62 bits per heavy atom. The second-order valence-electron chi connectivity index (χ2n) is 3.70. The van der Waals surface area contributed by atoms with E-state index in [9.17, 15) is 0 Å². The predicted molar refractivity (Wildman–Crippen MR) is 69.1 cm³/mol. The fourth-order valence-electron chi connectivity index (χ4n) is 1.74. The fourth-order valence-corrected chi connectivity index (χ4v) is 2.00. The van der Waals surface area contributed by atoms with Crippen LogP contribution < -0.4 is 5.73 Å². The highest BCUT2D eigenvalue weighted by molar-refractivity contribution is 9.10. The molecule has 0 saturated heterocycles. The molecule has 0 unspecified atom stereocenters. The van der Waals surface area contributed by atoms with Crippen LogP contribution in [0.25, 0.3) is 11.3 Å². The van der Waals surface area contributed by atoms with E-state index in [1.165, 1.54) is 5.69 Å². The highest BCUT2D eigenvalue weighted by Gasteiger charge is 2.09. The summed E-state index contributed by atoms with van der Waals surface area (Å²) in [6, 6.07) is 8.17. The van der Waals surface area contributed by atoms with E-state index in [0.717, 1.165) is 22.2 Å². The monoisotopic (exact) mass is 279 g/mol. The van der Waals surface area contributed by atoms with E-state index in [2.05, 4.69) is 33.0 Å². The Labute approximate surface area is 103 Å². The van der Waals surface area contributed by atoms with Gasteiger partial charge in [-0.3, -0.25) is 0 Å². The minimum Gasteiger partial charge on any atom is -0.337 e. The summed E-state index contributed by atoms with van der Waals surface area (Å²) in [5.74, 6) is 0. The number of hydrogen-bond donors (Lipinski definition) is 1. The minimum atomic E-state index is 0.642. The lowest BCUT2D eigenvalue weighted by atomic mass is 10.1. The van der Waals surface area contributed by atoms with E-state index in [4.69, 9.17) is 5.73 Å². The number of rotatable bonds is 3. The van der Waals surface area contributed by atoms with Gasteiger partial charge in [0.1, 0.15) is 0 Å². The van der Waals surface area contributed by atoms with Gasteiger partial charge >= 0.3 is 0 Å². The SMILES string of the molecule is Cn1cnc(-c2ccc(Br)cc2)c1CCN. The molecule has 2 N–H and O–H groups in total. The maximum atomic E-state index is 5.61. The van der Waals surface area contributed by atoms with E-state index in [1.807, 2.05) is 30.1 Å². The van der Waals surface area contributed by atoms with Gasteiger partial charge in [0, 0.05) is 29.2 Å². The van der Waals surface area contributed by atoms with Crippen molar-refractivity contribution in [3.05, 3.63) is 40.8 Å². The summed E-state index contributed by atoms with van der Waals surface area (Å²) in [7, 11) is 2.00. The van der Waals surface area contributed by atoms with E-state index in [1.54, 1.807) is 0 Å². The molecule has 4 heteroatoms. The Morgan fingerprint density at radius 1 is 1.31 bits per heavy atom. The first-order valence-corrected chi connectivity index (χ1v) is 5.98. The lowest BCUT2D eigenvalue weighted by molar-refractivity contribution is 0.805. The smallest absolute Gasteiger partial charge is 0.0953 e. The van der Waals surface area contributed by atoms with Crippen LogP contribution in [0.5, 0.6) is 0 Å². The van der Waals surface area contributed by atoms with Crippen LogP contribution in [0.15, 0.2) is 35.1 Å². The average molecular weight is 280 g/mol. The Bertz CT molecular complexity index is 474. The standard InChI is InChI=1S/C12H14BrN3/c1-16-8-15-12(11(16)6-7-14)9-2-4-10(13)5-3-9/h2-5,8H,6-7,14H2,1H3. The molecular weight excluding hydrogens is 266 g/mol. The summed E-state index contributed by atoms with van der Waals surface area (Å²) < 4.78 is 3.11. The number of nitrogens with zero attached hydrogens (tertiary/aromatic N) is 2. The van der Waals surface area contributed by atoms with Gasteiger partial charge in [0.15, 0.2) is 0 Å². The molecule has 0 radical (unpaired) electrons. The second kappa shape index (κ2) is 4.80. The molecule has 0 bridgehead atoms. The van der Waals surface area contributed by atoms with Crippen molar-refractivity contribution < 1.29 is 0 Å². The van der Waals surface area contributed by atoms with Crippen LogP contribution in [-0.2, 0) is 13.5 Å². The van der Waals surface area contributed by atoms with E-state index < -0.39 is 0 Å². The van der Waals surface area contributed by atoms with Crippen LogP contribution >= 0.6 is 15.9 Å². The Morgan fingerprint density at radius 2 is 2.00 bits per heavy atom. The third-order valence-electron chi connectivity index (χ3n) is 2.56. The van der Waals surface area contributed by atoms with Crippen molar-refractivity contribution in [2.24, 2.45) is 12.8 Å². The van der Waals surface area contributed by atoms with Gasteiger partial charge in [-0.2, -0.15) is 0 Å². The summed E-state index contributed by atoms with van der Waals surface area (Å²) in [5.41, 5.74) is 8.96. The van der Waals surface area contributed by atoms with Crippen LogP contribution in [0.1, 0.15) is 5.69 Å². The molecule has 0 aliphatic rings. The van der Waals surface area contributed by atoms with Crippen molar-refractivity contribution in [1.29, 1.82) is 0 Å². The van der Waals surface area contributed by atoms with Crippen LogP contribution in [-0.4, -0.2) is 16.1 Å². The zero-order valence-corrected chi connectivity index (χ0v) is 10.7. The number of aromatic nitrogens is 2. The van der Waals surface area contributed by atoms with Gasteiger partial charge in [-0.05, 0) is 18.7 Å². The highest BCUT2D eigenvalue weighted by Crippen LogP contribution is 2.23. The molecule has 0 amide bonds. The van der Waals surface area contributed by atoms with Crippen LogP contribution in [0.2, 0.25) is 0 Å². The minimum absolute atomic E-state index is 0.642. The van der Waals surface area contributed by atoms with Crippen molar-refractivity contribution in [3.8, 4) is 11.3 Å². The van der Waals surface area contributed by atoms with E-state index in [-0.39, 0.29) is 0 Å². The van der Waals surface area contributed by atoms with Gasteiger partial charge in [0.25, 0.3) is 0 Å². The largest absolute Gasteiger partial charge is 0.337 e. The summed E-state index contributed by atoms with van der Waals surface area (Å²) >= 11 is 3.43. The van der Waals surface area contributed by atoms with Crippen molar-refractivity contribution in [2.45, 2.75) is 6.42 Å². The molecule has 1 aromatic carbocycles. The molecule has 1 aromatic heterocycles. The van der Waals surface area contributed by atoms with Crippen LogP contribution in [0.3, 0.4) is 0 Å². The summed E-state index contributed by atoms with van der Waals surface area (Å²) in [6.45, 7) is 0.642. The number of hydrogen-bond acceptors (Lipinski definition) is 2. The highest BCUT2D eigenvalue weighted by atomic mass is 79.9. The molecule has 0 atom stereocenters. The first-order valence-electron chi connectivity index (χ1n) is 5.18. The average Bonchev–Trinajstić information content (AvgIpc) is 2.63. The molecule has 0 spiro atoms. The Kier molecular flexibility index (Phi) is 3.41. The first-order chi connectivity index (χ1) is 7.72. The number of imidazole rings is 1. The number of nitrogens with two attached hydrogens (primary N) is 1. The van der Waals surface area contributed by atoms with Gasteiger partial charge < -0.3 is 10.3 Å². The van der Waals surface area contributed by atoms with Crippen molar-refractivity contribution in [2.75, 3.05) is 6.54 Å². The third kappa shape index (κ3) is 2.18. The van der Waals surface area contributed by atoms with Gasteiger partial charge in [-0.25, -0.2) is 4.98 Å². The Balaban J connectivity index is 2.43. The first kappa shape index (κ1) is 11.4. The predicted octanol–water partition coefficient (Wildman–Crippen LogP) is 2.35. The topological polar surface area (TPSA) is 43.8 Å². The molecule has 2 rings (SSSR count). The van der Waals surface area contributed by atoms with Gasteiger partial charge in [-0.1, -0.05) is 28.1 Å². The van der Waals surface area contributed by atoms with E-state index >= 15 is 0 Å². The summed E-state index contributed by atoms with van der Waals surface area (Å²) in [5, 5.41) is 0. The lowest BCUT2D eigenvalue weighted by Gasteiger charge is -2.04. The van der Waals surface area contributed by atoms with Gasteiger partial charge in [0.2, 0.25) is 0 Å². The molecule has 16 heavy (non-hydrogen) atoms. The quantitative estimate of drug-likeness (QED) is 0.938. The molecule has 0 aliphatic heterocycles.